The normalized spacial score (nSPS) is 11.3. The molecule has 110 valence electrons. The Bertz CT molecular complexity index is 648. The Morgan fingerprint density at radius 1 is 1.35 bits per heavy atom. The fourth-order valence-corrected chi connectivity index (χ4v) is 3.07. The lowest BCUT2D eigenvalue weighted by Gasteiger charge is -2.17. The second kappa shape index (κ2) is 6.79. The molecule has 0 aliphatic carbocycles. The molecule has 1 aromatic carbocycles. The number of hydrogen-bond acceptors (Lipinski definition) is 3. The van der Waals surface area contributed by atoms with E-state index in [0.717, 1.165) is 10.4 Å². The molecule has 1 rings (SSSR count). The van der Waals surface area contributed by atoms with E-state index < -0.39 is 33.2 Å². The van der Waals surface area contributed by atoms with Crippen LogP contribution >= 0.6 is 0 Å². The van der Waals surface area contributed by atoms with Gasteiger partial charge in [-0.25, -0.2) is 21.5 Å². The summed E-state index contributed by atoms with van der Waals surface area (Å²) in [6.45, 7) is 1.44. The smallest absolute Gasteiger partial charge is 0.246 e. The van der Waals surface area contributed by atoms with Gasteiger partial charge in [0.05, 0.1) is 5.56 Å². The maximum absolute atomic E-state index is 13.9. The predicted octanol–water partition coefficient (Wildman–Crippen LogP) is 1.34. The standard InChI is InChI=1S/C13H15F2NO3S/c1-3-6-16(2)20(18,19)13-10(5-4-7-17)8-11(14)9-12(13)15/h8-9,17H,3,6-7H2,1-2H3. The van der Waals surface area contributed by atoms with Gasteiger partial charge in [-0.15, -0.1) is 0 Å². The quantitative estimate of drug-likeness (QED) is 0.854. The van der Waals surface area contributed by atoms with Crippen LogP contribution in [-0.2, 0) is 10.0 Å². The summed E-state index contributed by atoms with van der Waals surface area (Å²) in [5, 5.41) is 8.63. The summed E-state index contributed by atoms with van der Waals surface area (Å²) in [6.07, 6.45) is 0.552. The maximum Gasteiger partial charge on any atom is 0.246 e. The largest absolute Gasteiger partial charge is 0.384 e. The third-order valence-electron chi connectivity index (χ3n) is 2.52. The molecule has 0 aliphatic heterocycles. The van der Waals surface area contributed by atoms with Gasteiger partial charge in [-0.1, -0.05) is 18.8 Å². The van der Waals surface area contributed by atoms with Crippen molar-refractivity contribution in [3.05, 3.63) is 29.3 Å². The third kappa shape index (κ3) is 3.54. The van der Waals surface area contributed by atoms with Crippen molar-refractivity contribution in [3.63, 3.8) is 0 Å². The molecule has 20 heavy (non-hydrogen) atoms. The van der Waals surface area contributed by atoms with Gasteiger partial charge in [0.2, 0.25) is 10.0 Å². The van der Waals surface area contributed by atoms with Crippen LogP contribution in [0.15, 0.2) is 17.0 Å². The van der Waals surface area contributed by atoms with Crippen molar-refractivity contribution < 1.29 is 22.3 Å². The molecule has 0 atom stereocenters. The molecular formula is C13H15F2NO3S. The molecule has 1 N–H and O–H groups in total. The first-order valence-corrected chi connectivity index (χ1v) is 7.33. The second-order valence-electron chi connectivity index (χ2n) is 4.05. The number of rotatable bonds is 4. The lowest BCUT2D eigenvalue weighted by Crippen LogP contribution is -2.29. The highest BCUT2D eigenvalue weighted by Crippen LogP contribution is 2.24. The minimum Gasteiger partial charge on any atom is -0.384 e. The molecular weight excluding hydrogens is 288 g/mol. The van der Waals surface area contributed by atoms with Crippen LogP contribution in [0.2, 0.25) is 0 Å². The van der Waals surface area contributed by atoms with Crippen LogP contribution in [0.3, 0.4) is 0 Å². The van der Waals surface area contributed by atoms with E-state index >= 15 is 0 Å². The molecule has 0 saturated carbocycles. The van der Waals surface area contributed by atoms with E-state index in [0.29, 0.717) is 12.5 Å². The van der Waals surface area contributed by atoms with Gasteiger partial charge < -0.3 is 5.11 Å². The fraction of sp³-hybridized carbons (Fsp3) is 0.385. The van der Waals surface area contributed by atoms with Gasteiger partial charge in [0.25, 0.3) is 0 Å². The highest BCUT2D eigenvalue weighted by Gasteiger charge is 2.27. The molecule has 0 heterocycles. The number of halogens is 2. The first-order valence-electron chi connectivity index (χ1n) is 5.89. The Labute approximate surface area is 117 Å². The Morgan fingerprint density at radius 3 is 2.55 bits per heavy atom. The van der Waals surface area contributed by atoms with Crippen molar-refractivity contribution in [1.82, 2.24) is 4.31 Å². The summed E-state index contributed by atoms with van der Waals surface area (Å²) in [4.78, 5) is -0.671. The fourth-order valence-electron chi connectivity index (χ4n) is 1.64. The topological polar surface area (TPSA) is 57.6 Å². The summed E-state index contributed by atoms with van der Waals surface area (Å²) < 4.78 is 52.6. The summed E-state index contributed by atoms with van der Waals surface area (Å²) >= 11 is 0. The van der Waals surface area contributed by atoms with Crippen LogP contribution in [-0.4, -0.2) is 38.0 Å². The number of aliphatic hydroxyl groups excluding tert-OH is 1. The lowest BCUT2D eigenvalue weighted by atomic mass is 10.2. The van der Waals surface area contributed by atoms with Crippen LogP contribution in [0, 0.1) is 23.5 Å². The van der Waals surface area contributed by atoms with Crippen LogP contribution in [0.4, 0.5) is 8.78 Å². The van der Waals surface area contributed by atoms with Gasteiger partial charge >= 0.3 is 0 Å². The van der Waals surface area contributed by atoms with Crippen molar-refractivity contribution >= 4 is 10.0 Å². The Hall–Kier alpha value is -1.49. The average Bonchev–Trinajstić information content (AvgIpc) is 2.35. The third-order valence-corrected chi connectivity index (χ3v) is 4.45. The monoisotopic (exact) mass is 303 g/mol. The Morgan fingerprint density at radius 2 is 2.00 bits per heavy atom. The van der Waals surface area contributed by atoms with E-state index in [2.05, 4.69) is 11.8 Å². The Balaban J connectivity index is 3.50. The minimum absolute atomic E-state index is 0.200. The molecule has 0 saturated heterocycles. The van der Waals surface area contributed by atoms with E-state index in [-0.39, 0.29) is 12.1 Å². The number of aliphatic hydroxyl groups is 1. The highest BCUT2D eigenvalue weighted by molar-refractivity contribution is 7.89. The number of benzene rings is 1. The summed E-state index contributed by atoms with van der Waals surface area (Å²) in [5.41, 5.74) is -0.306. The van der Waals surface area contributed by atoms with Crippen molar-refractivity contribution in [2.24, 2.45) is 0 Å². The summed E-state index contributed by atoms with van der Waals surface area (Å²) in [5.74, 6) is 2.33. The lowest BCUT2D eigenvalue weighted by molar-refractivity contribution is 0.350. The number of sulfonamides is 1. The van der Waals surface area contributed by atoms with E-state index in [1.807, 2.05) is 0 Å². The van der Waals surface area contributed by atoms with Crippen molar-refractivity contribution in [3.8, 4) is 11.8 Å². The highest BCUT2D eigenvalue weighted by atomic mass is 32.2. The maximum atomic E-state index is 13.9. The van der Waals surface area contributed by atoms with Gasteiger partial charge in [-0.05, 0) is 12.5 Å². The first kappa shape index (κ1) is 16.6. The van der Waals surface area contributed by atoms with Crippen molar-refractivity contribution in [2.75, 3.05) is 20.2 Å². The van der Waals surface area contributed by atoms with Crippen LogP contribution in [0.5, 0.6) is 0 Å². The van der Waals surface area contributed by atoms with Gasteiger partial charge in [0, 0.05) is 19.7 Å². The van der Waals surface area contributed by atoms with Gasteiger partial charge in [-0.2, -0.15) is 0 Å². The predicted molar refractivity (Wildman–Crippen MR) is 70.4 cm³/mol. The van der Waals surface area contributed by atoms with Crippen LogP contribution in [0.25, 0.3) is 0 Å². The van der Waals surface area contributed by atoms with Gasteiger partial charge in [0.15, 0.2) is 0 Å². The SMILES string of the molecule is CCCN(C)S(=O)(=O)c1c(F)cc(F)cc1C#CCO. The molecule has 0 fully saturated rings. The molecule has 0 amide bonds. The minimum atomic E-state index is -4.10. The number of hydrogen-bond donors (Lipinski definition) is 1. The van der Waals surface area contributed by atoms with Gasteiger partial charge in [0.1, 0.15) is 23.1 Å². The van der Waals surface area contributed by atoms with Crippen LogP contribution in [0.1, 0.15) is 18.9 Å². The summed E-state index contributed by atoms with van der Waals surface area (Å²) in [6, 6.07) is 1.33. The van der Waals surface area contributed by atoms with Crippen molar-refractivity contribution in [2.45, 2.75) is 18.2 Å². The Kier molecular flexibility index (Phi) is 5.62. The van der Waals surface area contributed by atoms with E-state index in [1.165, 1.54) is 7.05 Å². The van der Waals surface area contributed by atoms with Gasteiger partial charge in [-0.3, -0.25) is 0 Å². The molecule has 0 radical (unpaired) electrons. The average molecular weight is 303 g/mol. The summed E-state index contributed by atoms with van der Waals surface area (Å²) in [7, 11) is -2.79. The van der Waals surface area contributed by atoms with E-state index in [9.17, 15) is 17.2 Å². The molecule has 0 unspecified atom stereocenters. The molecule has 0 bridgehead atoms. The second-order valence-corrected chi connectivity index (χ2v) is 6.03. The molecule has 1 aromatic rings. The molecule has 0 spiro atoms. The number of nitrogens with zero attached hydrogens (tertiary/aromatic N) is 1. The molecule has 4 nitrogen and oxygen atoms in total. The molecule has 7 heteroatoms. The van der Waals surface area contributed by atoms with E-state index in [1.54, 1.807) is 6.92 Å². The molecule has 0 aliphatic rings. The van der Waals surface area contributed by atoms with Crippen molar-refractivity contribution in [1.29, 1.82) is 0 Å². The van der Waals surface area contributed by atoms with E-state index in [4.69, 9.17) is 5.11 Å². The van der Waals surface area contributed by atoms with Crippen LogP contribution < -0.4 is 0 Å². The first-order chi connectivity index (χ1) is 9.34. The zero-order valence-corrected chi connectivity index (χ0v) is 12.0. The zero-order chi connectivity index (χ0) is 15.3. The zero-order valence-electron chi connectivity index (χ0n) is 11.2. The molecule has 0 aromatic heterocycles.